The van der Waals surface area contributed by atoms with Crippen LogP contribution in [0, 0.1) is 6.92 Å². The van der Waals surface area contributed by atoms with Gasteiger partial charge in [-0.2, -0.15) is 0 Å². The molecule has 0 aliphatic carbocycles. The molecule has 8 rings (SSSR count). The zero-order valence-electron chi connectivity index (χ0n) is 22.5. The van der Waals surface area contributed by atoms with Crippen molar-refractivity contribution >= 4 is 54.3 Å². The van der Waals surface area contributed by atoms with Gasteiger partial charge in [-0.3, -0.25) is 0 Å². The van der Waals surface area contributed by atoms with Crippen molar-refractivity contribution in [3.63, 3.8) is 0 Å². The Morgan fingerprint density at radius 1 is 0.429 bits per heavy atom. The fourth-order valence-corrected chi connectivity index (χ4v) is 6.38. The van der Waals surface area contributed by atoms with Crippen LogP contribution < -0.4 is 0 Å². The average molecular weight is 549 g/mol. The lowest BCUT2D eigenvalue weighted by Crippen LogP contribution is -1.93. The number of rotatable bonds is 2. The van der Waals surface area contributed by atoms with E-state index in [2.05, 4.69) is 42.5 Å². The second-order valence-corrected chi connectivity index (χ2v) is 10.7. The summed E-state index contributed by atoms with van der Waals surface area (Å²) < 4.78 is 6.39. The minimum atomic E-state index is -0.484. The van der Waals surface area contributed by atoms with E-state index < -0.39 is 23.0 Å². The third-order valence-corrected chi connectivity index (χ3v) is 8.44. The van der Waals surface area contributed by atoms with E-state index in [0.717, 1.165) is 65.4 Å². The summed E-state index contributed by atoms with van der Waals surface area (Å²) in [4.78, 5) is 0. The molecule has 42 heavy (non-hydrogen) atoms. The van der Waals surface area contributed by atoms with Crippen molar-refractivity contribution in [1.82, 2.24) is 0 Å². The van der Waals surface area contributed by atoms with Crippen LogP contribution in [0.5, 0.6) is 23.0 Å². The molecule has 0 spiro atoms. The summed E-state index contributed by atoms with van der Waals surface area (Å²) in [7, 11) is 0. The molecule has 0 atom stereocenters. The number of benzene rings is 7. The molecular weight excluding hydrogens is 524 g/mol. The second-order valence-electron chi connectivity index (χ2n) is 10.7. The van der Waals surface area contributed by atoms with Crippen molar-refractivity contribution in [2.45, 2.75) is 6.92 Å². The van der Waals surface area contributed by atoms with Gasteiger partial charge >= 0.3 is 0 Å². The minimum absolute atomic E-state index is 0.00557. The molecule has 0 saturated carbocycles. The zero-order valence-corrected chi connectivity index (χ0v) is 22.5. The highest BCUT2D eigenvalue weighted by Crippen LogP contribution is 2.55. The summed E-state index contributed by atoms with van der Waals surface area (Å²) in [6.45, 7) is 1.43. The number of hydrogen-bond acceptors (Lipinski definition) is 5. The first-order chi connectivity index (χ1) is 20.4. The Labute approximate surface area is 239 Å². The Kier molecular flexibility index (Phi) is 4.98. The number of hydrogen-bond donors (Lipinski definition) is 4. The molecule has 0 aliphatic heterocycles. The molecule has 0 saturated heterocycles. The third kappa shape index (κ3) is 3.25. The topological polar surface area (TPSA) is 94.1 Å². The smallest absolute Gasteiger partial charge is 0.169 e. The predicted octanol–water partition coefficient (Wildman–Crippen LogP) is 9.51. The van der Waals surface area contributed by atoms with Crippen molar-refractivity contribution in [2.24, 2.45) is 0 Å². The van der Waals surface area contributed by atoms with Crippen LogP contribution in [0.15, 0.2) is 108 Å². The first-order valence-corrected chi connectivity index (χ1v) is 13.7. The third-order valence-electron chi connectivity index (χ3n) is 8.44. The van der Waals surface area contributed by atoms with Gasteiger partial charge in [0.05, 0.1) is 5.56 Å². The lowest BCUT2D eigenvalue weighted by Gasteiger charge is -2.20. The number of fused-ring (bicyclic) bond motifs is 6. The van der Waals surface area contributed by atoms with E-state index in [4.69, 9.17) is 4.42 Å². The molecule has 0 aliphatic rings. The normalized spacial score (nSPS) is 11.8. The van der Waals surface area contributed by atoms with Gasteiger partial charge in [0.2, 0.25) is 0 Å². The van der Waals surface area contributed by atoms with E-state index in [1.165, 1.54) is 6.92 Å². The molecule has 1 heterocycles. The molecule has 0 bridgehead atoms. The Hall–Kier alpha value is -5.68. The molecule has 0 amide bonds. The van der Waals surface area contributed by atoms with Gasteiger partial charge in [-0.1, -0.05) is 78.9 Å². The van der Waals surface area contributed by atoms with Crippen LogP contribution >= 0.6 is 0 Å². The molecule has 202 valence electrons. The highest BCUT2D eigenvalue weighted by atomic mass is 16.3. The van der Waals surface area contributed by atoms with Crippen molar-refractivity contribution < 1.29 is 24.8 Å². The fourth-order valence-electron chi connectivity index (χ4n) is 6.38. The summed E-state index contributed by atoms with van der Waals surface area (Å²) >= 11 is 0. The molecule has 1 aromatic heterocycles. The summed E-state index contributed by atoms with van der Waals surface area (Å²) in [5.41, 5.74) is 4.03. The molecule has 5 heteroatoms. The van der Waals surface area contributed by atoms with Crippen LogP contribution in [0.1, 0.15) is 5.56 Å². The van der Waals surface area contributed by atoms with Crippen molar-refractivity contribution in [2.75, 3.05) is 0 Å². The Morgan fingerprint density at radius 3 is 1.52 bits per heavy atom. The number of aromatic hydroxyl groups is 4. The maximum Gasteiger partial charge on any atom is 0.169 e. The van der Waals surface area contributed by atoms with Gasteiger partial charge in [-0.25, -0.2) is 0 Å². The van der Waals surface area contributed by atoms with Gasteiger partial charge < -0.3 is 24.8 Å². The molecule has 8 aromatic rings. The van der Waals surface area contributed by atoms with Crippen LogP contribution in [0.2, 0.25) is 0 Å². The Bertz CT molecular complexity index is 2330. The average Bonchev–Trinajstić information content (AvgIpc) is 3.37. The highest BCUT2D eigenvalue weighted by Gasteiger charge is 2.26. The summed E-state index contributed by atoms with van der Waals surface area (Å²) in [6, 6.07) is 34.2. The van der Waals surface area contributed by atoms with Crippen LogP contribution in [-0.4, -0.2) is 20.4 Å². The van der Waals surface area contributed by atoms with Gasteiger partial charge in [0.25, 0.3) is 0 Å². The summed E-state index contributed by atoms with van der Waals surface area (Å²) in [5.74, 6) is -1.91. The Morgan fingerprint density at radius 2 is 0.929 bits per heavy atom. The summed E-state index contributed by atoms with van der Waals surface area (Å²) in [5, 5.41) is 51.0. The lowest BCUT2D eigenvalue weighted by molar-refractivity contribution is 0.371. The second kappa shape index (κ2) is 8.66. The zero-order chi connectivity index (χ0) is 28.7. The molecule has 4 N–H and O–H groups in total. The fraction of sp³-hybridized carbons (Fsp3) is 0.0270. The maximum absolute atomic E-state index is 11.1. The lowest BCUT2D eigenvalue weighted by atomic mass is 9.85. The number of furan rings is 1. The van der Waals surface area contributed by atoms with Gasteiger partial charge in [-0.15, -0.1) is 0 Å². The number of phenols is 4. The number of phenolic OH excluding ortho intramolecular Hbond substituents is 4. The molecule has 5 nitrogen and oxygen atoms in total. The van der Waals surface area contributed by atoms with Gasteiger partial charge in [0.1, 0.15) is 11.2 Å². The van der Waals surface area contributed by atoms with Gasteiger partial charge in [0.15, 0.2) is 23.0 Å². The van der Waals surface area contributed by atoms with Crippen molar-refractivity contribution in [3.05, 3.63) is 109 Å². The molecule has 0 unspecified atom stereocenters. The predicted molar refractivity (Wildman–Crippen MR) is 169 cm³/mol. The van der Waals surface area contributed by atoms with E-state index in [-0.39, 0.29) is 11.1 Å². The highest BCUT2D eigenvalue weighted by molar-refractivity contribution is 6.23. The van der Waals surface area contributed by atoms with Gasteiger partial charge in [-0.05, 0) is 74.6 Å². The Balaban J connectivity index is 1.46. The van der Waals surface area contributed by atoms with Crippen LogP contribution in [0.3, 0.4) is 0 Å². The van der Waals surface area contributed by atoms with E-state index in [1.54, 1.807) is 0 Å². The molecule has 0 fully saturated rings. The van der Waals surface area contributed by atoms with Crippen LogP contribution in [-0.2, 0) is 0 Å². The monoisotopic (exact) mass is 548 g/mol. The summed E-state index contributed by atoms with van der Waals surface area (Å²) in [6.07, 6.45) is 0. The van der Waals surface area contributed by atoms with Crippen molar-refractivity contribution in [1.29, 1.82) is 0 Å². The van der Waals surface area contributed by atoms with Crippen molar-refractivity contribution in [3.8, 4) is 45.3 Å². The molecule has 7 aromatic carbocycles. The van der Waals surface area contributed by atoms with Crippen LogP contribution in [0.4, 0.5) is 0 Å². The molecule has 0 radical (unpaired) electrons. The first kappa shape index (κ1) is 24.1. The standard InChI is InChI=1S/C37H24O5/c1-19-34(38)36(40)33(37(41)35(19)39)32-26-12-6-4-10-24(26)31(25-11-5-7-13-27(25)32)22-14-15-23-28-16-20-8-2-3-9-21(20)17-30(28)42-29(23)18-22/h2-18,38-41H,1H3. The molecular formula is C37H24O5. The van der Waals surface area contributed by atoms with E-state index in [9.17, 15) is 20.4 Å². The SMILES string of the molecule is Cc1c(O)c(O)c(-c2c3ccccc3c(-c3ccc4c(c3)oc3cc5ccccc5cc34)c3ccccc23)c(O)c1O. The van der Waals surface area contributed by atoms with E-state index in [1.807, 2.05) is 60.7 Å². The maximum atomic E-state index is 11.1. The first-order valence-electron chi connectivity index (χ1n) is 13.7. The minimum Gasteiger partial charge on any atom is -0.504 e. The van der Waals surface area contributed by atoms with E-state index in [0.29, 0.717) is 5.56 Å². The quantitative estimate of drug-likeness (QED) is 0.0980. The largest absolute Gasteiger partial charge is 0.504 e. The van der Waals surface area contributed by atoms with Gasteiger partial charge in [0, 0.05) is 21.9 Å². The van der Waals surface area contributed by atoms with E-state index >= 15 is 0 Å². The van der Waals surface area contributed by atoms with Crippen LogP contribution in [0.25, 0.3) is 76.5 Å².